The Bertz CT molecular complexity index is 215. The lowest BCUT2D eigenvalue weighted by atomic mass is 10.3. The highest BCUT2D eigenvalue weighted by Gasteiger charge is 2.23. The first kappa shape index (κ1) is 19.1. The minimum Gasteiger partial charge on any atom is -0.309 e. The highest BCUT2D eigenvalue weighted by molar-refractivity contribution is 7.53. The fourth-order valence-corrected chi connectivity index (χ4v) is 3.59. The summed E-state index contributed by atoms with van der Waals surface area (Å²) >= 11 is 0. The first-order chi connectivity index (χ1) is 9.18. The second-order valence-corrected chi connectivity index (χ2v) is 7.31. The van der Waals surface area contributed by atoms with E-state index in [1.54, 1.807) is 0 Å². The summed E-state index contributed by atoms with van der Waals surface area (Å²) in [6, 6.07) is 0. The third kappa shape index (κ3) is 11.7. The molecule has 0 bridgehead atoms. The monoisotopic (exact) mass is 292 g/mol. The molecule has 0 radical (unpaired) electrons. The van der Waals surface area contributed by atoms with E-state index in [9.17, 15) is 4.57 Å². The van der Waals surface area contributed by atoms with E-state index in [0.29, 0.717) is 19.4 Å². The highest BCUT2D eigenvalue weighted by atomic mass is 31.2. The van der Waals surface area contributed by atoms with Gasteiger partial charge in [-0.1, -0.05) is 59.3 Å². The molecule has 116 valence electrons. The van der Waals surface area contributed by atoms with Crippen molar-refractivity contribution in [3.05, 3.63) is 0 Å². The van der Waals surface area contributed by atoms with Gasteiger partial charge in [0.1, 0.15) is 0 Å². The van der Waals surface area contributed by atoms with Crippen molar-refractivity contribution in [2.24, 2.45) is 0 Å². The molecule has 0 heterocycles. The van der Waals surface area contributed by atoms with Crippen LogP contribution in [-0.4, -0.2) is 19.4 Å². The molecule has 4 heteroatoms. The van der Waals surface area contributed by atoms with Crippen LogP contribution in [0.15, 0.2) is 0 Å². The summed E-state index contributed by atoms with van der Waals surface area (Å²) in [6.07, 6.45) is 10.3. The van der Waals surface area contributed by atoms with Gasteiger partial charge >= 0.3 is 7.60 Å². The van der Waals surface area contributed by atoms with Gasteiger partial charge in [0.15, 0.2) is 0 Å². The van der Waals surface area contributed by atoms with Gasteiger partial charge in [-0.25, -0.2) is 0 Å². The summed E-state index contributed by atoms with van der Waals surface area (Å²) < 4.78 is 23.8. The lowest BCUT2D eigenvalue weighted by Crippen LogP contribution is -2.03. The Hall–Kier alpha value is 0.150. The highest BCUT2D eigenvalue weighted by Crippen LogP contribution is 2.49. The number of hydrogen-bond donors (Lipinski definition) is 0. The summed E-state index contributed by atoms with van der Waals surface area (Å²) in [5.41, 5.74) is 0. The minimum atomic E-state index is -2.83. The molecule has 0 aliphatic heterocycles. The average molecular weight is 292 g/mol. The van der Waals surface area contributed by atoms with E-state index in [1.165, 1.54) is 0 Å². The summed E-state index contributed by atoms with van der Waals surface area (Å²) in [6.45, 7) is 7.61. The van der Waals surface area contributed by atoms with Gasteiger partial charge in [-0.05, 0) is 19.3 Å². The Morgan fingerprint density at radius 2 is 1.11 bits per heavy atom. The predicted octanol–water partition coefficient (Wildman–Crippen LogP) is 5.78. The molecule has 0 unspecified atom stereocenters. The zero-order valence-electron chi connectivity index (χ0n) is 13.2. The standard InChI is InChI=1S/C15H33O3P/c1-4-7-10-13-17-19(16,15-12-9-6-3)18-14-11-8-5-2/h4-15H2,1-3H3. The maximum absolute atomic E-state index is 12.6. The van der Waals surface area contributed by atoms with Gasteiger partial charge in [-0.15, -0.1) is 0 Å². The van der Waals surface area contributed by atoms with E-state index in [0.717, 1.165) is 57.8 Å². The number of unbranched alkanes of at least 4 members (excludes halogenated alkanes) is 6. The van der Waals surface area contributed by atoms with Crippen molar-refractivity contribution in [1.29, 1.82) is 0 Å². The molecule has 0 aromatic carbocycles. The molecule has 3 nitrogen and oxygen atoms in total. The Morgan fingerprint density at radius 1 is 0.684 bits per heavy atom. The number of rotatable bonds is 14. The molecular formula is C15H33O3P. The second-order valence-electron chi connectivity index (χ2n) is 5.12. The van der Waals surface area contributed by atoms with Gasteiger partial charge in [0.2, 0.25) is 0 Å². The molecule has 0 aliphatic rings. The van der Waals surface area contributed by atoms with Crippen LogP contribution in [0.5, 0.6) is 0 Å². The van der Waals surface area contributed by atoms with E-state index in [4.69, 9.17) is 9.05 Å². The van der Waals surface area contributed by atoms with Crippen LogP contribution in [0.4, 0.5) is 0 Å². The van der Waals surface area contributed by atoms with Crippen LogP contribution >= 0.6 is 7.60 Å². The molecule has 0 amide bonds. The largest absolute Gasteiger partial charge is 0.330 e. The SMILES string of the molecule is CCCCCOP(=O)(CCCCC)OCCCCC. The first-order valence-electron chi connectivity index (χ1n) is 8.06. The summed E-state index contributed by atoms with van der Waals surface area (Å²) in [7, 11) is -2.83. The van der Waals surface area contributed by atoms with Crippen LogP contribution in [0.1, 0.15) is 78.6 Å². The van der Waals surface area contributed by atoms with Gasteiger partial charge in [-0.3, -0.25) is 4.57 Å². The van der Waals surface area contributed by atoms with Gasteiger partial charge in [0, 0.05) is 0 Å². The quantitative estimate of drug-likeness (QED) is 0.300. The normalized spacial score (nSPS) is 11.9. The van der Waals surface area contributed by atoms with E-state index >= 15 is 0 Å². The van der Waals surface area contributed by atoms with Gasteiger partial charge in [0.25, 0.3) is 0 Å². The van der Waals surface area contributed by atoms with Crippen molar-refractivity contribution in [3.8, 4) is 0 Å². The van der Waals surface area contributed by atoms with E-state index in [1.807, 2.05) is 0 Å². The molecule has 0 saturated carbocycles. The Labute approximate surface area is 120 Å². The molecule has 0 aromatic rings. The van der Waals surface area contributed by atoms with Crippen molar-refractivity contribution in [2.45, 2.75) is 78.6 Å². The molecule has 0 spiro atoms. The molecule has 0 N–H and O–H groups in total. The van der Waals surface area contributed by atoms with Crippen LogP contribution in [0.25, 0.3) is 0 Å². The fraction of sp³-hybridized carbons (Fsp3) is 1.00. The summed E-state index contributed by atoms with van der Waals surface area (Å²) in [5.74, 6) is 0. The van der Waals surface area contributed by atoms with Crippen LogP contribution in [0.2, 0.25) is 0 Å². The Kier molecular flexibility index (Phi) is 13.3. The lowest BCUT2D eigenvalue weighted by Gasteiger charge is -2.18. The first-order valence-corrected chi connectivity index (χ1v) is 9.79. The van der Waals surface area contributed by atoms with Gasteiger partial charge in [-0.2, -0.15) is 0 Å². The molecule has 0 aromatic heterocycles. The minimum absolute atomic E-state index is 0.574. The van der Waals surface area contributed by atoms with Crippen LogP contribution < -0.4 is 0 Å². The van der Waals surface area contributed by atoms with Crippen molar-refractivity contribution in [1.82, 2.24) is 0 Å². The van der Waals surface area contributed by atoms with Crippen molar-refractivity contribution >= 4 is 7.60 Å². The lowest BCUT2D eigenvalue weighted by molar-refractivity contribution is 0.197. The molecule has 0 fully saturated rings. The average Bonchev–Trinajstić information content (AvgIpc) is 2.41. The molecule has 0 aliphatic carbocycles. The summed E-state index contributed by atoms with van der Waals surface area (Å²) in [5, 5.41) is 0. The zero-order chi connectivity index (χ0) is 14.4. The summed E-state index contributed by atoms with van der Waals surface area (Å²) in [4.78, 5) is 0. The van der Waals surface area contributed by atoms with Crippen LogP contribution in [0.3, 0.4) is 0 Å². The third-order valence-corrected chi connectivity index (χ3v) is 5.12. The van der Waals surface area contributed by atoms with Crippen LogP contribution in [0, 0.1) is 0 Å². The zero-order valence-corrected chi connectivity index (χ0v) is 14.1. The molecule has 0 rings (SSSR count). The second kappa shape index (κ2) is 13.1. The smallest absolute Gasteiger partial charge is 0.309 e. The van der Waals surface area contributed by atoms with Crippen LogP contribution in [-0.2, 0) is 13.6 Å². The van der Waals surface area contributed by atoms with Gasteiger partial charge in [0.05, 0.1) is 19.4 Å². The predicted molar refractivity (Wildman–Crippen MR) is 83.0 cm³/mol. The molecule has 0 saturated heterocycles. The molecule has 0 atom stereocenters. The number of hydrogen-bond acceptors (Lipinski definition) is 3. The van der Waals surface area contributed by atoms with E-state index in [2.05, 4.69) is 20.8 Å². The Balaban J connectivity index is 4.00. The van der Waals surface area contributed by atoms with Gasteiger partial charge < -0.3 is 9.05 Å². The van der Waals surface area contributed by atoms with E-state index < -0.39 is 7.60 Å². The van der Waals surface area contributed by atoms with Crippen molar-refractivity contribution in [2.75, 3.05) is 19.4 Å². The van der Waals surface area contributed by atoms with Crippen molar-refractivity contribution < 1.29 is 13.6 Å². The van der Waals surface area contributed by atoms with Crippen molar-refractivity contribution in [3.63, 3.8) is 0 Å². The van der Waals surface area contributed by atoms with E-state index in [-0.39, 0.29) is 0 Å². The molecular weight excluding hydrogens is 259 g/mol. The molecule has 19 heavy (non-hydrogen) atoms. The maximum Gasteiger partial charge on any atom is 0.330 e. The third-order valence-electron chi connectivity index (χ3n) is 3.11. The topological polar surface area (TPSA) is 35.5 Å². The maximum atomic E-state index is 12.6. The fourth-order valence-electron chi connectivity index (χ4n) is 1.83. The Morgan fingerprint density at radius 3 is 1.53 bits per heavy atom.